The van der Waals surface area contributed by atoms with Gasteiger partial charge in [0, 0.05) is 23.5 Å². The Bertz CT molecular complexity index is 1150. The molecular weight excluding hydrogens is 423 g/mol. The van der Waals surface area contributed by atoms with Crippen LogP contribution in [0.15, 0.2) is 52.9 Å². The van der Waals surface area contributed by atoms with Crippen LogP contribution in [0, 0.1) is 4.91 Å². The van der Waals surface area contributed by atoms with Gasteiger partial charge in [-0.25, -0.2) is 18.7 Å². The number of aromatic nitrogens is 3. The Kier molecular flexibility index (Phi) is 6.37. The third kappa shape index (κ3) is 5.08. The number of nitrogens with two attached hydrogens (primary N) is 1. The van der Waals surface area contributed by atoms with E-state index in [0.717, 1.165) is 18.3 Å². The monoisotopic (exact) mass is 438 g/mol. The lowest BCUT2D eigenvalue weighted by molar-refractivity contribution is -0.141. The lowest BCUT2D eigenvalue weighted by Gasteiger charge is -2.12. The van der Waals surface area contributed by atoms with Crippen LogP contribution in [0.5, 0.6) is 0 Å². The zero-order valence-corrected chi connectivity index (χ0v) is 15.7. The van der Waals surface area contributed by atoms with Crippen LogP contribution >= 0.6 is 0 Å². The predicted molar refractivity (Wildman–Crippen MR) is 104 cm³/mol. The minimum Gasteiger partial charge on any atom is -0.396 e. The van der Waals surface area contributed by atoms with Crippen LogP contribution in [0.1, 0.15) is 22.6 Å². The number of nitroso groups, excluding NO2 is 1. The Balaban J connectivity index is 2.16. The number of hydrogen-bond acceptors (Lipinski definition) is 6. The maximum absolute atomic E-state index is 13.0. The summed E-state index contributed by atoms with van der Waals surface area (Å²) in [4.78, 5) is 21.9. The molecule has 0 aliphatic heterocycles. The Hall–Kier alpha value is -3.70. The van der Waals surface area contributed by atoms with E-state index in [1.54, 1.807) is 12.1 Å². The minimum absolute atomic E-state index is 0.0769. The number of fused-ring (bicyclic) bond motifs is 1. The van der Waals surface area contributed by atoms with E-state index in [1.165, 1.54) is 22.9 Å². The molecule has 0 atom stereocenters. The maximum Gasteiger partial charge on any atom is 0.433 e. The van der Waals surface area contributed by atoms with Crippen LogP contribution < -0.4 is 5.73 Å². The van der Waals surface area contributed by atoms with Crippen molar-refractivity contribution in [3.8, 4) is 0 Å². The van der Waals surface area contributed by atoms with E-state index in [-0.39, 0.29) is 23.5 Å². The number of nitrogens with zero attached hydrogens (tertiary/aromatic N) is 5. The van der Waals surface area contributed by atoms with Gasteiger partial charge in [-0.2, -0.15) is 18.1 Å². The highest BCUT2D eigenvalue weighted by atomic mass is 19.4. The molecule has 0 saturated carbocycles. The number of halogens is 5. The van der Waals surface area contributed by atoms with Crippen molar-refractivity contribution >= 4 is 23.1 Å². The van der Waals surface area contributed by atoms with Crippen molar-refractivity contribution in [3.05, 3.63) is 70.3 Å². The van der Waals surface area contributed by atoms with E-state index in [9.17, 15) is 26.9 Å². The van der Waals surface area contributed by atoms with Gasteiger partial charge in [-0.3, -0.25) is 4.99 Å². The first kappa shape index (κ1) is 22.0. The van der Waals surface area contributed by atoms with Gasteiger partial charge < -0.3 is 10.1 Å². The molecule has 3 aromatic rings. The molecule has 0 fully saturated rings. The summed E-state index contributed by atoms with van der Waals surface area (Å²) in [5.41, 5.74) is 5.89. The molecule has 0 spiro atoms. The predicted octanol–water partition coefficient (Wildman–Crippen LogP) is 4.18. The highest BCUT2D eigenvalue weighted by molar-refractivity contribution is 6.18. The maximum atomic E-state index is 13.0. The normalized spacial score (nSPS) is 13.2. The standard InChI is InChI=1S/C19H15F5N6O/c20-16(21)9-26-8-13(18(25)14-2-1-3-15(29-14)19(22,23)24)11-4-5-17-27-6-12(7-28-31)30(17)10-11/h1-6,8,10,16H,7,9,25H2. The summed E-state index contributed by atoms with van der Waals surface area (Å²) in [5.74, 6) is 0. The van der Waals surface area contributed by atoms with Crippen molar-refractivity contribution in [2.75, 3.05) is 6.54 Å². The van der Waals surface area contributed by atoms with E-state index in [4.69, 9.17) is 5.73 Å². The highest BCUT2D eigenvalue weighted by Gasteiger charge is 2.32. The van der Waals surface area contributed by atoms with Gasteiger partial charge in [0.2, 0.25) is 0 Å². The first-order valence-corrected chi connectivity index (χ1v) is 8.78. The molecule has 2 N–H and O–H groups in total. The fraction of sp³-hybridized carbons (Fsp3) is 0.211. The first-order valence-electron chi connectivity index (χ1n) is 8.78. The van der Waals surface area contributed by atoms with Crippen molar-refractivity contribution in [2.45, 2.75) is 19.1 Å². The lowest BCUT2D eigenvalue weighted by atomic mass is 10.0. The fourth-order valence-corrected chi connectivity index (χ4v) is 2.78. The van der Waals surface area contributed by atoms with Crippen molar-refractivity contribution in [2.24, 2.45) is 15.9 Å². The second-order valence-corrected chi connectivity index (χ2v) is 6.30. The van der Waals surface area contributed by atoms with Gasteiger partial charge in [-0.1, -0.05) is 11.2 Å². The third-order valence-electron chi connectivity index (χ3n) is 4.19. The minimum atomic E-state index is -4.69. The van der Waals surface area contributed by atoms with Gasteiger partial charge in [0.15, 0.2) is 0 Å². The van der Waals surface area contributed by atoms with Crippen LogP contribution in [-0.2, 0) is 12.7 Å². The number of allylic oxidation sites excluding steroid dienone is 1. The van der Waals surface area contributed by atoms with Crippen LogP contribution in [0.2, 0.25) is 0 Å². The molecule has 0 bridgehead atoms. The number of alkyl halides is 5. The summed E-state index contributed by atoms with van der Waals surface area (Å²) in [7, 11) is 0. The smallest absolute Gasteiger partial charge is 0.396 e. The molecule has 0 saturated heterocycles. The van der Waals surface area contributed by atoms with Crippen molar-refractivity contribution in [3.63, 3.8) is 0 Å². The van der Waals surface area contributed by atoms with Gasteiger partial charge in [-0.15, -0.1) is 0 Å². The molecule has 0 unspecified atom stereocenters. The summed E-state index contributed by atoms with van der Waals surface area (Å²) in [6, 6.07) is 6.31. The second kappa shape index (κ2) is 8.98. The molecule has 7 nitrogen and oxygen atoms in total. The summed E-state index contributed by atoms with van der Waals surface area (Å²) in [5, 5.41) is 2.81. The van der Waals surface area contributed by atoms with E-state index < -0.39 is 24.8 Å². The molecule has 0 aromatic carbocycles. The molecule has 3 rings (SSSR count). The molecule has 0 amide bonds. The molecule has 31 heavy (non-hydrogen) atoms. The Morgan fingerprint density at radius 2 is 2.00 bits per heavy atom. The quantitative estimate of drug-likeness (QED) is 0.340. The largest absolute Gasteiger partial charge is 0.433 e. The van der Waals surface area contributed by atoms with Crippen LogP contribution in [0.3, 0.4) is 0 Å². The van der Waals surface area contributed by atoms with E-state index >= 15 is 0 Å². The number of imidazole rings is 1. The van der Waals surface area contributed by atoms with Crippen molar-refractivity contribution in [1.82, 2.24) is 14.4 Å². The SMILES string of the molecule is NC(=C(C=NCC(F)F)c1ccc2ncc(CN=O)n2c1)c1cccc(C(F)(F)F)n1. The number of rotatable bonds is 7. The molecular formula is C19H15F5N6O. The van der Waals surface area contributed by atoms with Crippen LogP contribution in [0.25, 0.3) is 16.9 Å². The highest BCUT2D eigenvalue weighted by Crippen LogP contribution is 2.29. The van der Waals surface area contributed by atoms with Gasteiger partial charge in [0.1, 0.15) is 17.9 Å². The topological polar surface area (TPSA) is 98.0 Å². The van der Waals surface area contributed by atoms with Crippen LogP contribution in [0.4, 0.5) is 22.0 Å². The molecule has 0 aliphatic carbocycles. The summed E-state index contributed by atoms with van der Waals surface area (Å²) < 4.78 is 65.7. The molecule has 3 heterocycles. The van der Waals surface area contributed by atoms with Gasteiger partial charge in [0.05, 0.1) is 29.8 Å². The number of aliphatic imine (C=N–C) groups is 1. The Morgan fingerprint density at radius 1 is 1.23 bits per heavy atom. The second-order valence-electron chi connectivity index (χ2n) is 6.30. The Morgan fingerprint density at radius 3 is 2.68 bits per heavy atom. The number of pyridine rings is 2. The number of hydrogen-bond donors (Lipinski definition) is 1. The summed E-state index contributed by atoms with van der Waals surface area (Å²) >= 11 is 0. The molecule has 162 valence electrons. The third-order valence-corrected chi connectivity index (χ3v) is 4.19. The molecule has 3 aromatic heterocycles. The lowest BCUT2D eigenvalue weighted by Crippen LogP contribution is -2.12. The van der Waals surface area contributed by atoms with Gasteiger partial charge in [0.25, 0.3) is 6.43 Å². The van der Waals surface area contributed by atoms with E-state index in [2.05, 4.69) is 20.1 Å². The van der Waals surface area contributed by atoms with E-state index in [1.807, 2.05) is 0 Å². The average molecular weight is 438 g/mol. The van der Waals surface area contributed by atoms with Crippen LogP contribution in [-0.4, -0.2) is 33.6 Å². The first-order chi connectivity index (χ1) is 14.7. The van der Waals surface area contributed by atoms with Crippen molar-refractivity contribution in [1.29, 1.82) is 0 Å². The molecule has 12 heteroatoms. The van der Waals surface area contributed by atoms with Gasteiger partial charge in [-0.05, 0) is 24.3 Å². The molecule has 0 aliphatic rings. The zero-order chi connectivity index (χ0) is 22.6. The zero-order valence-electron chi connectivity index (χ0n) is 15.7. The van der Waals surface area contributed by atoms with Crippen molar-refractivity contribution < 1.29 is 22.0 Å². The fourth-order valence-electron chi connectivity index (χ4n) is 2.78. The summed E-state index contributed by atoms with van der Waals surface area (Å²) in [6.45, 7) is -0.992. The van der Waals surface area contributed by atoms with Gasteiger partial charge >= 0.3 is 6.18 Å². The Labute approximate surface area is 172 Å². The summed E-state index contributed by atoms with van der Waals surface area (Å²) in [6.07, 6.45) is -3.41. The molecule has 0 radical (unpaired) electrons. The van der Waals surface area contributed by atoms with E-state index in [0.29, 0.717) is 16.9 Å². The average Bonchev–Trinajstić information content (AvgIpc) is 3.12.